The van der Waals surface area contributed by atoms with Gasteiger partial charge in [-0.1, -0.05) is 31.9 Å². The molecule has 1 aromatic heterocycles. The third-order valence-corrected chi connectivity index (χ3v) is 4.85. The van der Waals surface area contributed by atoms with Gasteiger partial charge in [-0.2, -0.15) is 5.10 Å². The van der Waals surface area contributed by atoms with Gasteiger partial charge in [-0.15, -0.1) is 5.92 Å². The molecule has 30 heavy (non-hydrogen) atoms. The predicted molar refractivity (Wildman–Crippen MR) is 114 cm³/mol. The molecule has 156 valence electrons. The van der Waals surface area contributed by atoms with E-state index in [1.54, 1.807) is 31.3 Å². The number of hydrogen-bond donors (Lipinski definition) is 2. The Balaban J connectivity index is 1.86. The van der Waals surface area contributed by atoms with E-state index in [0.29, 0.717) is 29.0 Å². The molecule has 3 rings (SSSR count). The minimum absolute atomic E-state index is 0.0631. The van der Waals surface area contributed by atoms with Gasteiger partial charge in [0.05, 0.1) is 24.1 Å². The molecule has 0 saturated heterocycles. The van der Waals surface area contributed by atoms with Crippen molar-refractivity contribution >= 4 is 16.9 Å². The summed E-state index contributed by atoms with van der Waals surface area (Å²) in [6.45, 7) is 5.81. The Hall–Kier alpha value is -3.33. The van der Waals surface area contributed by atoms with Crippen LogP contribution in [0.3, 0.4) is 0 Å². The number of benzene rings is 2. The third kappa shape index (κ3) is 5.18. The van der Waals surface area contributed by atoms with Gasteiger partial charge in [-0.3, -0.25) is 9.89 Å². The molecule has 0 bridgehead atoms. The molecule has 0 amide bonds. The van der Waals surface area contributed by atoms with Gasteiger partial charge in [0.25, 0.3) is 0 Å². The van der Waals surface area contributed by atoms with Crippen LogP contribution in [-0.2, 0) is 4.79 Å². The van der Waals surface area contributed by atoms with Crippen LogP contribution in [0, 0.1) is 23.6 Å². The number of carbonyl (C=O) groups is 1. The molecule has 0 saturated carbocycles. The van der Waals surface area contributed by atoms with Gasteiger partial charge < -0.3 is 9.84 Å². The quantitative estimate of drug-likeness (QED) is 0.486. The van der Waals surface area contributed by atoms with Gasteiger partial charge in [0.15, 0.2) is 0 Å². The van der Waals surface area contributed by atoms with Crippen LogP contribution in [0.2, 0.25) is 0 Å². The Bertz CT molecular complexity index is 1080. The number of nitrogens with one attached hydrogen (secondary N) is 1. The predicted octanol–water partition coefficient (Wildman–Crippen LogP) is 5.45. The second kappa shape index (κ2) is 9.45. The lowest BCUT2D eigenvalue weighted by Crippen LogP contribution is -2.13. The highest BCUT2D eigenvalue weighted by molar-refractivity contribution is 5.78. The molecule has 3 aromatic rings. The molecule has 2 unspecified atom stereocenters. The van der Waals surface area contributed by atoms with Gasteiger partial charge >= 0.3 is 5.97 Å². The monoisotopic (exact) mass is 408 g/mol. The van der Waals surface area contributed by atoms with Crippen LogP contribution in [0.15, 0.2) is 42.6 Å². The van der Waals surface area contributed by atoms with Gasteiger partial charge in [-0.25, -0.2) is 4.39 Å². The molecule has 0 spiro atoms. The lowest BCUT2D eigenvalue weighted by molar-refractivity contribution is -0.137. The summed E-state index contributed by atoms with van der Waals surface area (Å²) in [6, 6.07) is 10.4. The molecule has 0 radical (unpaired) electrons. The van der Waals surface area contributed by atoms with E-state index in [1.165, 1.54) is 6.07 Å². The standard InChI is InChI=1S/C24H25FN2O3/c1-4-5-17(12-24(28)29)16-6-8-19(9-7-16)30-23(10-15(2)3)20-13-22-18(11-21(20)25)14-26-27-22/h6-9,11,13-15,17,23H,10,12H2,1-3H3,(H,26,27)(H,28,29). The fourth-order valence-corrected chi connectivity index (χ4v) is 3.44. The van der Waals surface area contributed by atoms with Gasteiger partial charge in [-0.05, 0) is 49.1 Å². The van der Waals surface area contributed by atoms with Crippen molar-refractivity contribution < 1.29 is 19.0 Å². The Labute approximate surface area is 175 Å². The molecule has 0 aliphatic rings. The number of aromatic nitrogens is 2. The fraction of sp³-hybridized carbons (Fsp3) is 0.333. The molecule has 2 N–H and O–H groups in total. The Morgan fingerprint density at radius 2 is 2.00 bits per heavy atom. The third-order valence-electron chi connectivity index (χ3n) is 4.85. The number of carboxylic acid groups (broad SMARTS) is 1. The average molecular weight is 408 g/mol. The zero-order chi connectivity index (χ0) is 21.7. The Kier molecular flexibility index (Phi) is 6.73. The van der Waals surface area contributed by atoms with Crippen molar-refractivity contribution in [1.29, 1.82) is 0 Å². The fourth-order valence-electron chi connectivity index (χ4n) is 3.44. The maximum atomic E-state index is 14.8. The number of nitrogens with zero attached hydrogens (tertiary/aromatic N) is 1. The minimum atomic E-state index is -0.898. The van der Waals surface area contributed by atoms with E-state index < -0.39 is 12.1 Å². The van der Waals surface area contributed by atoms with Crippen LogP contribution in [0.5, 0.6) is 5.75 Å². The van der Waals surface area contributed by atoms with Crippen molar-refractivity contribution in [1.82, 2.24) is 10.2 Å². The smallest absolute Gasteiger partial charge is 0.304 e. The minimum Gasteiger partial charge on any atom is -0.486 e. The maximum absolute atomic E-state index is 14.8. The van der Waals surface area contributed by atoms with Crippen LogP contribution < -0.4 is 4.74 Å². The zero-order valence-electron chi connectivity index (χ0n) is 17.3. The normalized spacial score (nSPS) is 13.0. The topological polar surface area (TPSA) is 75.2 Å². The Morgan fingerprint density at radius 3 is 2.63 bits per heavy atom. The lowest BCUT2D eigenvalue weighted by Gasteiger charge is -2.22. The summed E-state index contributed by atoms with van der Waals surface area (Å²) in [5.74, 6) is 5.00. The number of halogens is 1. The average Bonchev–Trinajstić information content (AvgIpc) is 3.13. The number of carboxylic acids is 1. The zero-order valence-corrected chi connectivity index (χ0v) is 17.3. The highest BCUT2D eigenvalue weighted by atomic mass is 19.1. The van der Waals surface area contributed by atoms with Crippen LogP contribution >= 0.6 is 0 Å². The molecular formula is C24H25FN2O3. The largest absolute Gasteiger partial charge is 0.486 e. The number of aromatic amines is 1. The number of H-pyrrole nitrogens is 1. The van der Waals surface area contributed by atoms with Crippen molar-refractivity contribution in [2.45, 2.75) is 45.6 Å². The molecule has 0 aliphatic carbocycles. The summed E-state index contributed by atoms with van der Waals surface area (Å²) in [7, 11) is 0. The molecular weight excluding hydrogens is 383 g/mol. The second-order valence-corrected chi connectivity index (χ2v) is 7.68. The van der Waals surface area contributed by atoms with E-state index in [2.05, 4.69) is 35.9 Å². The summed E-state index contributed by atoms with van der Waals surface area (Å²) in [5, 5.41) is 16.7. The molecule has 1 heterocycles. The first-order valence-electron chi connectivity index (χ1n) is 9.90. The van der Waals surface area contributed by atoms with Crippen molar-refractivity contribution in [2.24, 2.45) is 5.92 Å². The number of aliphatic carboxylic acids is 1. The van der Waals surface area contributed by atoms with Gasteiger partial charge in [0, 0.05) is 10.9 Å². The van der Waals surface area contributed by atoms with E-state index >= 15 is 0 Å². The summed E-state index contributed by atoms with van der Waals surface area (Å²) in [6.07, 6.45) is 1.70. The first-order chi connectivity index (χ1) is 14.4. The number of hydrogen-bond acceptors (Lipinski definition) is 3. The molecule has 0 fully saturated rings. The van der Waals surface area contributed by atoms with E-state index in [1.807, 2.05) is 12.1 Å². The van der Waals surface area contributed by atoms with Crippen LogP contribution in [-0.4, -0.2) is 21.3 Å². The van der Waals surface area contributed by atoms with E-state index in [4.69, 9.17) is 9.84 Å². The van der Waals surface area contributed by atoms with E-state index in [0.717, 1.165) is 11.1 Å². The molecule has 5 nitrogen and oxygen atoms in total. The number of ether oxygens (including phenoxy) is 1. The first kappa shape index (κ1) is 21.4. The van der Waals surface area contributed by atoms with E-state index in [-0.39, 0.29) is 18.2 Å². The van der Waals surface area contributed by atoms with Crippen LogP contribution in [0.1, 0.15) is 56.8 Å². The maximum Gasteiger partial charge on any atom is 0.304 e. The highest BCUT2D eigenvalue weighted by Gasteiger charge is 2.21. The summed E-state index contributed by atoms with van der Waals surface area (Å²) < 4.78 is 21.0. The summed E-state index contributed by atoms with van der Waals surface area (Å²) in [5.41, 5.74) is 2.04. The highest BCUT2D eigenvalue weighted by Crippen LogP contribution is 2.32. The molecule has 2 aromatic carbocycles. The van der Waals surface area contributed by atoms with E-state index in [9.17, 15) is 9.18 Å². The Morgan fingerprint density at radius 1 is 1.27 bits per heavy atom. The number of fused-ring (bicyclic) bond motifs is 1. The van der Waals surface area contributed by atoms with Gasteiger partial charge in [0.2, 0.25) is 0 Å². The van der Waals surface area contributed by atoms with Crippen LogP contribution in [0.4, 0.5) is 4.39 Å². The SMILES string of the molecule is CC#CC(CC(=O)O)c1ccc(OC(CC(C)C)c2cc3[nH]ncc3cc2F)cc1. The molecule has 6 heteroatoms. The molecule has 2 atom stereocenters. The summed E-state index contributed by atoms with van der Waals surface area (Å²) >= 11 is 0. The molecule has 0 aliphatic heterocycles. The van der Waals surface area contributed by atoms with Crippen LogP contribution in [0.25, 0.3) is 10.9 Å². The number of rotatable bonds is 8. The van der Waals surface area contributed by atoms with Crippen molar-refractivity contribution in [2.75, 3.05) is 0 Å². The first-order valence-corrected chi connectivity index (χ1v) is 9.90. The lowest BCUT2D eigenvalue weighted by atomic mass is 9.96. The second-order valence-electron chi connectivity index (χ2n) is 7.68. The van der Waals surface area contributed by atoms with Gasteiger partial charge in [0.1, 0.15) is 17.7 Å². The van der Waals surface area contributed by atoms with Crippen molar-refractivity contribution in [3.05, 3.63) is 59.5 Å². The van der Waals surface area contributed by atoms with Crippen molar-refractivity contribution in [3.8, 4) is 17.6 Å². The summed E-state index contributed by atoms with van der Waals surface area (Å²) in [4.78, 5) is 11.1. The van der Waals surface area contributed by atoms with Crippen molar-refractivity contribution in [3.63, 3.8) is 0 Å².